The first-order valence-electron chi connectivity index (χ1n) is 8.13. The molecule has 0 saturated heterocycles. The molecule has 1 saturated carbocycles. The number of aromatic amines is 1. The third-order valence-electron chi connectivity index (χ3n) is 4.69. The minimum Gasteiger partial charge on any atom is -0.306 e. The summed E-state index contributed by atoms with van der Waals surface area (Å²) in [6, 6.07) is 4.92. The van der Waals surface area contributed by atoms with E-state index in [1.54, 1.807) is 13.0 Å². The molecule has 2 heterocycles. The summed E-state index contributed by atoms with van der Waals surface area (Å²) in [5, 5.41) is 17.5. The molecule has 1 aromatic carbocycles. The van der Waals surface area contributed by atoms with Crippen LogP contribution in [0.3, 0.4) is 0 Å². The summed E-state index contributed by atoms with van der Waals surface area (Å²) in [7, 11) is 0. The number of hydrogen-bond acceptors (Lipinski definition) is 4. The van der Waals surface area contributed by atoms with Crippen molar-refractivity contribution >= 4 is 22.0 Å². The third-order valence-corrected chi connectivity index (χ3v) is 5.25. The lowest BCUT2D eigenvalue weighted by Gasteiger charge is -2.12. The quantitative estimate of drug-likeness (QED) is 0.684. The molecule has 2 N–H and O–H groups in total. The second kappa shape index (κ2) is 6.27. The van der Waals surface area contributed by atoms with E-state index in [2.05, 4.69) is 15.2 Å². The molecule has 26 heavy (non-hydrogen) atoms. The van der Waals surface area contributed by atoms with Gasteiger partial charge in [-0.1, -0.05) is 0 Å². The number of nitrogens with zero attached hydrogens (tertiary/aromatic N) is 3. The van der Waals surface area contributed by atoms with Crippen molar-refractivity contribution < 1.29 is 13.2 Å². The normalized spacial score (nSPS) is 15.2. The average Bonchev–Trinajstić information content (AvgIpc) is 3.35. The van der Waals surface area contributed by atoms with E-state index in [0.29, 0.717) is 28.1 Å². The first-order valence-corrected chi connectivity index (χ1v) is 9.41. The second-order valence-electron chi connectivity index (χ2n) is 6.49. The fourth-order valence-corrected chi connectivity index (χ4v) is 3.83. The fourth-order valence-electron chi connectivity index (χ4n) is 3.25. The highest BCUT2D eigenvalue weighted by molar-refractivity contribution is 7.78. The van der Waals surface area contributed by atoms with Crippen molar-refractivity contribution in [1.82, 2.24) is 15.2 Å². The van der Waals surface area contributed by atoms with Crippen molar-refractivity contribution in [1.29, 1.82) is 5.26 Å². The van der Waals surface area contributed by atoms with E-state index in [4.69, 9.17) is 4.55 Å². The van der Waals surface area contributed by atoms with E-state index in [0.717, 1.165) is 23.9 Å². The summed E-state index contributed by atoms with van der Waals surface area (Å²) < 4.78 is 35.1. The molecule has 132 valence electrons. The number of hydrogen-bond donors (Lipinski definition) is 2. The van der Waals surface area contributed by atoms with Crippen LogP contribution < -0.4 is 0 Å². The molecule has 0 spiro atoms. The van der Waals surface area contributed by atoms with Gasteiger partial charge in [0.2, 0.25) is 0 Å². The van der Waals surface area contributed by atoms with Crippen LogP contribution in [0, 0.1) is 24.1 Å². The zero-order valence-corrected chi connectivity index (χ0v) is 14.7. The number of fused-ring (bicyclic) bond motifs is 1. The Kier molecular flexibility index (Phi) is 4.05. The van der Waals surface area contributed by atoms with E-state index < -0.39 is 16.9 Å². The van der Waals surface area contributed by atoms with Crippen molar-refractivity contribution in [3.8, 4) is 17.2 Å². The van der Waals surface area contributed by atoms with Gasteiger partial charge in [0, 0.05) is 28.1 Å². The van der Waals surface area contributed by atoms with E-state index >= 15 is 0 Å². The number of rotatable bonds is 4. The van der Waals surface area contributed by atoms with Crippen molar-refractivity contribution in [2.24, 2.45) is 0 Å². The van der Waals surface area contributed by atoms with Crippen LogP contribution in [0.1, 0.15) is 41.3 Å². The molecule has 8 heteroatoms. The molecule has 6 nitrogen and oxygen atoms in total. The molecule has 0 bridgehead atoms. The van der Waals surface area contributed by atoms with Crippen LogP contribution in [0.2, 0.25) is 0 Å². The highest BCUT2D eigenvalue weighted by Crippen LogP contribution is 2.45. The smallest absolute Gasteiger partial charge is 0.157 e. The Labute approximate surface area is 151 Å². The summed E-state index contributed by atoms with van der Waals surface area (Å²) in [4.78, 5) is 4.14. The molecule has 3 aromatic rings. The Bertz CT molecular complexity index is 1100. The SMILES string of the molecule is Cc1cc(-c2c(C#N)ncc3n[nH]c(C4CC4)c23)c(F)cc1CS(=O)O. The van der Waals surface area contributed by atoms with Gasteiger partial charge in [-0.3, -0.25) is 5.10 Å². The van der Waals surface area contributed by atoms with Gasteiger partial charge >= 0.3 is 0 Å². The van der Waals surface area contributed by atoms with Crippen LogP contribution in [-0.4, -0.2) is 23.9 Å². The Balaban J connectivity index is 1.99. The molecule has 1 unspecified atom stereocenters. The zero-order valence-electron chi connectivity index (χ0n) is 13.9. The lowest BCUT2D eigenvalue weighted by Crippen LogP contribution is -2.00. The van der Waals surface area contributed by atoms with Gasteiger partial charge < -0.3 is 4.55 Å². The van der Waals surface area contributed by atoms with E-state index in [9.17, 15) is 13.9 Å². The summed E-state index contributed by atoms with van der Waals surface area (Å²) in [6.07, 6.45) is 3.58. The molecule has 0 aliphatic heterocycles. The number of benzene rings is 1. The second-order valence-corrected chi connectivity index (χ2v) is 7.42. The number of nitrogens with one attached hydrogen (secondary N) is 1. The molecule has 1 aliphatic carbocycles. The molecule has 0 amide bonds. The van der Waals surface area contributed by atoms with E-state index in [-0.39, 0.29) is 17.0 Å². The molecule has 0 radical (unpaired) electrons. The minimum absolute atomic E-state index is 0.137. The number of halogens is 1. The lowest BCUT2D eigenvalue weighted by atomic mass is 9.94. The zero-order chi connectivity index (χ0) is 18.4. The maximum absolute atomic E-state index is 14.9. The van der Waals surface area contributed by atoms with Gasteiger partial charge in [0.1, 0.15) is 23.1 Å². The standard InChI is InChI=1S/C18H15FN4O2S/c1-9-4-12(13(19)5-11(9)8-26(24)25)16-14(6-20)21-7-15-17(16)18(23-22-15)10-2-3-10/h4-5,7,10H,2-3,8H2,1H3,(H,22,23)(H,24,25). The van der Waals surface area contributed by atoms with Crippen LogP contribution in [0.5, 0.6) is 0 Å². The maximum Gasteiger partial charge on any atom is 0.157 e. The summed E-state index contributed by atoms with van der Waals surface area (Å²) in [6.45, 7) is 1.75. The van der Waals surface area contributed by atoms with Crippen LogP contribution in [-0.2, 0) is 16.8 Å². The van der Waals surface area contributed by atoms with Gasteiger partial charge in [0.15, 0.2) is 11.1 Å². The van der Waals surface area contributed by atoms with Gasteiger partial charge in [-0.25, -0.2) is 13.6 Å². The van der Waals surface area contributed by atoms with Gasteiger partial charge in [0.25, 0.3) is 0 Å². The third kappa shape index (κ3) is 2.79. The monoisotopic (exact) mass is 370 g/mol. The van der Waals surface area contributed by atoms with Crippen LogP contribution in [0.15, 0.2) is 18.3 Å². The first-order chi connectivity index (χ1) is 12.5. The predicted octanol–water partition coefficient (Wildman–Crippen LogP) is 3.54. The highest BCUT2D eigenvalue weighted by Gasteiger charge is 2.30. The topological polar surface area (TPSA) is 103 Å². The minimum atomic E-state index is -2.06. The number of H-pyrrole nitrogens is 1. The van der Waals surface area contributed by atoms with E-state index in [1.165, 1.54) is 12.3 Å². The lowest BCUT2D eigenvalue weighted by molar-refractivity contribution is 0.563. The van der Waals surface area contributed by atoms with Crippen molar-refractivity contribution in [2.45, 2.75) is 31.4 Å². The maximum atomic E-state index is 14.9. The van der Waals surface area contributed by atoms with Crippen LogP contribution >= 0.6 is 0 Å². The Morgan fingerprint density at radius 1 is 1.46 bits per heavy atom. The molecule has 4 rings (SSSR count). The molecule has 2 aromatic heterocycles. The number of nitriles is 1. The molecule has 1 atom stereocenters. The molecule has 1 aliphatic rings. The van der Waals surface area contributed by atoms with Crippen molar-refractivity contribution in [2.75, 3.05) is 0 Å². The summed E-state index contributed by atoms with van der Waals surface area (Å²) in [5.74, 6) is -0.354. The van der Waals surface area contributed by atoms with Crippen molar-refractivity contribution in [3.63, 3.8) is 0 Å². The van der Waals surface area contributed by atoms with Crippen LogP contribution in [0.25, 0.3) is 22.0 Å². The Morgan fingerprint density at radius 3 is 2.88 bits per heavy atom. The number of aromatic nitrogens is 3. The first kappa shape index (κ1) is 16.8. The van der Waals surface area contributed by atoms with Gasteiger partial charge in [-0.05, 0) is 43.0 Å². The Morgan fingerprint density at radius 2 is 2.23 bits per heavy atom. The van der Waals surface area contributed by atoms with E-state index in [1.807, 2.05) is 6.07 Å². The molecular formula is C18H15FN4O2S. The molecular weight excluding hydrogens is 355 g/mol. The largest absolute Gasteiger partial charge is 0.306 e. The highest BCUT2D eigenvalue weighted by atomic mass is 32.2. The van der Waals surface area contributed by atoms with Crippen LogP contribution in [0.4, 0.5) is 4.39 Å². The summed E-state index contributed by atoms with van der Waals surface area (Å²) in [5.41, 5.74) is 3.47. The van der Waals surface area contributed by atoms with Crippen molar-refractivity contribution in [3.05, 3.63) is 46.7 Å². The van der Waals surface area contributed by atoms with Gasteiger partial charge in [-0.2, -0.15) is 10.4 Å². The fraction of sp³-hybridized carbons (Fsp3) is 0.278. The molecule has 1 fully saturated rings. The van der Waals surface area contributed by atoms with Gasteiger partial charge in [-0.15, -0.1) is 0 Å². The number of pyridine rings is 1. The Hall–Kier alpha value is -2.63. The number of aryl methyl sites for hydroxylation is 1. The summed E-state index contributed by atoms with van der Waals surface area (Å²) >= 11 is -2.06. The predicted molar refractivity (Wildman–Crippen MR) is 95.2 cm³/mol. The average molecular weight is 370 g/mol. The van der Waals surface area contributed by atoms with Gasteiger partial charge in [0.05, 0.1) is 11.9 Å².